The third-order valence-electron chi connectivity index (χ3n) is 2.41. The first kappa shape index (κ1) is 14.5. The standard InChI is InChI=1S/C12H15BrClNO2/c1-12(2,11(16)17-3)15-7-8-4-5-9(13)10(14)6-8/h4-6,15H,7H2,1-3H3. The minimum Gasteiger partial charge on any atom is -0.468 e. The Morgan fingerprint density at radius 2 is 2.18 bits per heavy atom. The molecule has 94 valence electrons. The third kappa shape index (κ3) is 3.98. The van der Waals surface area contributed by atoms with Gasteiger partial charge in [0.05, 0.1) is 12.1 Å². The maximum Gasteiger partial charge on any atom is 0.325 e. The Morgan fingerprint density at radius 3 is 2.71 bits per heavy atom. The number of ether oxygens (including phenoxy) is 1. The third-order valence-corrected chi connectivity index (χ3v) is 3.65. The van der Waals surface area contributed by atoms with Gasteiger partial charge in [-0.25, -0.2) is 0 Å². The zero-order valence-corrected chi connectivity index (χ0v) is 12.4. The average molecular weight is 321 g/mol. The minimum absolute atomic E-state index is 0.291. The van der Waals surface area contributed by atoms with E-state index in [1.54, 1.807) is 13.8 Å². The molecule has 0 fully saturated rings. The van der Waals surface area contributed by atoms with Crippen LogP contribution in [0.2, 0.25) is 5.02 Å². The highest BCUT2D eigenvalue weighted by Gasteiger charge is 2.27. The topological polar surface area (TPSA) is 38.3 Å². The van der Waals surface area contributed by atoms with Gasteiger partial charge in [0.1, 0.15) is 5.54 Å². The van der Waals surface area contributed by atoms with Gasteiger partial charge in [0.15, 0.2) is 0 Å². The summed E-state index contributed by atoms with van der Waals surface area (Å²) in [6, 6.07) is 5.67. The first-order chi connectivity index (χ1) is 7.86. The number of methoxy groups -OCH3 is 1. The van der Waals surface area contributed by atoms with Crippen molar-refractivity contribution in [2.24, 2.45) is 0 Å². The normalized spacial score (nSPS) is 11.4. The van der Waals surface area contributed by atoms with Gasteiger partial charge in [0.25, 0.3) is 0 Å². The molecular weight excluding hydrogens is 305 g/mol. The molecule has 0 amide bonds. The number of halogens is 2. The molecule has 0 aliphatic heterocycles. The first-order valence-electron chi connectivity index (χ1n) is 5.14. The lowest BCUT2D eigenvalue weighted by Crippen LogP contribution is -2.46. The van der Waals surface area contributed by atoms with Crippen LogP contribution in [0.3, 0.4) is 0 Å². The second-order valence-electron chi connectivity index (χ2n) is 4.22. The Labute approximate surface area is 115 Å². The molecule has 0 spiro atoms. The van der Waals surface area contributed by atoms with Crippen molar-refractivity contribution in [3.8, 4) is 0 Å². The summed E-state index contributed by atoms with van der Waals surface area (Å²) in [5.74, 6) is -0.291. The number of carbonyl (C=O) groups excluding carboxylic acids is 1. The highest BCUT2D eigenvalue weighted by molar-refractivity contribution is 9.10. The number of carbonyl (C=O) groups is 1. The number of nitrogens with one attached hydrogen (secondary N) is 1. The van der Waals surface area contributed by atoms with E-state index in [0.717, 1.165) is 10.0 Å². The smallest absolute Gasteiger partial charge is 0.325 e. The predicted octanol–water partition coefficient (Wildman–Crippen LogP) is 3.14. The Kier molecular flexibility index (Phi) is 4.98. The Hall–Kier alpha value is -0.580. The van der Waals surface area contributed by atoms with E-state index in [1.807, 2.05) is 18.2 Å². The molecule has 1 rings (SSSR count). The predicted molar refractivity (Wildman–Crippen MR) is 72.1 cm³/mol. The van der Waals surface area contributed by atoms with Gasteiger partial charge in [-0.15, -0.1) is 0 Å². The van der Waals surface area contributed by atoms with Gasteiger partial charge >= 0.3 is 5.97 Å². The molecule has 0 unspecified atom stereocenters. The summed E-state index contributed by atoms with van der Waals surface area (Å²) in [5, 5.41) is 3.78. The maximum absolute atomic E-state index is 11.5. The molecule has 0 aliphatic rings. The first-order valence-corrected chi connectivity index (χ1v) is 6.31. The van der Waals surface area contributed by atoms with Crippen LogP contribution >= 0.6 is 27.5 Å². The van der Waals surface area contributed by atoms with Crippen molar-refractivity contribution in [3.05, 3.63) is 33.3 Å². The van der Waals surface area contributed by atoms with Crippen molar-refractivity contribution < 1.29 is 9.53 Å². The van der Waals surface area contributed by atoms with Gasteiger partial charge < -0.3 is 4.74 Å². The highest BCUT2D eigenvalue weighted by Crippen LogP contribution is 2.23. The number of hydrogen-bond donors (Lipinski definition) is 1. The van der Waals surface area contributed by atoms with E-state index in [-0.39, 0.29) is 5.97 Å². The van der Waals surface area contributed by atoms with Crippen LogP contribution in [0.15, 0.2) is 22.7 Å². The molecule has 0 aliphatic carbocycles. The van der Waals surface area contributed by atoms with Gasteiger partial charge in [0.2, 0.25) is 0 Å². The molecule has 0 heterocycles. The molecule has 17 heavy (non-hydrogen) atoms. The van der Waals surface area contributed by atoms with Gasteiger partial charge in [-0.3, -0.25) is 10.1 Å². The Morgan fingerprint density at radius 1 is 1.53 bits per heavy atom. The van der Waals surface area contributed by atoms with Crippen LogP contribution in [-0.4, -0.2) is 18.6 Å². The van der Waals surface area contributed by atoms with E-state index in [9.17, 15) is 4.79 Å². The number of rotatable bonds is 4. The van der Waals surface area contributed by atoms with Gasteiger partial charge in [-0.05, 0) is 47.5 Å². The monoisotopic (exact) mass is 319 g/mol. The zero-order chi connectivity index (χ0) is 13.1. The summed E-state index contributed by atoms with van der Waals surface area (Å²) >= 11 is 9.32. The zero-order valence-electron chi connectivity index (χ0n) is 10.0. The molecule has 5 heteroatoms. The molecule has 0 bridgehead atoms. The van der Waals surface area contributed by atoms with Crippen molar-refractivity contribution >= 4 is 33.5 Å². The molecule has 0 saturated carbocycles. The van der Waals surface area contributed by atoms with Crippen LogP contribution in [0.4, 0.5) is 0 Å². The van der Waals surface area contributed by atoms with Crippen LogP contribution in [0.1, 0.15) is 19.4 Å². The van der Waals surface area contributed by atoms with E-state index in [4.69, 9.17) is 16.3 Å². The lowest BCUT2D eigenvalue weighted by Gasteiger charge is -2.23. The molecule has 0 radical (unpaired) electrons. The van der Waals surface area contributed by atoms with Crippen molar-refractivity contribution in [2.45, 2.75) is 25.9 Å². The molecule has 0 saturated heterocycles. The van der Waals surface area contributed by atoms with E-state index in [2.05, 4.69) is 21.2 Å². The molecule has 0 atom stereocenters. The van der Waals surface area contributed by atoms with E-state index in [1.165, 1.54) is 7.11 Å². The summed E-state index contributed by atoms with van der Waals surface area (Å²) in [4.78, 5) is 11.5. The van der Waals surface area contributed by atoms with E-state index in [0.29, 0.717) is 11.6 Å². The summed E-state index contributed by atoms with van der Waals surface area (Å²) in [6.45, 7) is 4.10. The maximum atomic E-state index is 11.5. The highest BCUT2D eigenvalue weighted by atomic mass is 79.9. The summed E-state index contributed by atoms with van der Waals surface area (Å²) in [6.07, 6.45) is 0. The summed E-state index contributed by atoms with van der Waals surface area (Å²) in [5.41, 5.74) is 0.295. The largest absolute Gasteiger partial charge is 0.468 e. The molecule has 0 aromatic heterocycles. The Balaban J connectivity index is 2.67. The van der Waals surface area contributed by atoms with Crippen molar-refractivity contribution in [1.29, 1.82) is 0 Å². The molecular formula is C12H15BrClNO2. The second-order valence-corrected chi connectivity index (χ2v) is 5.48. The fourth-order valence-electron chi connectivity index (χ4n) is 1.30. The fourth-order valence-corrected chi connectivity index (χ4v) is 1.75. The van der Waals surface area contributed by atoms with Crippen LogP contribution in [-0.2, 0) is 16.1 Å². The SMILES string of the molecule is COC(=O)C(C)(C)NCc1ccc(Br)c(Cl)c1. The van der Waals surface area contributed by atoms with Crippen LogP contribution in [0.5, 0.6) is 0 Å². The van der Waals surface area contributed by atoms with E-state index < -0.39 is 5.54 Å². The lowest BCUT2D eigenvalue weighted by atomic mass is 10.1. The van der Waals surface area contributed by atoms with Crippen LogP contribution in [0, 0.1) is 0 Å². The van der Waals surface area contributed by atoms with Crippen molar-refractivity contribution in [2.75, 3.05) is 7.11 Å². The molecule has 1 N–H and O–H groups in total. The van der Waals surface area contributed by atoms with Gasteiger partial charge in [-0.1, -0.05) is 17.7 Å². The van der Waals surface area contributed by atoms with Crippen LogP contribution in [0.25, 0.3) is 0 Å². The summed E-state index contributed by atoms with van der Waals surface area (Å²) < 4.78 is 5.57. The fraction of sp³-hybridized carbons (Fsp3) is 0.417. The molecule has 3 nitrogen and oxygen atoms in total. The van der Waals surface area contributed by atoms with Gasteiger partial charge in [-0.2, -0.15) is 0 Å². The summed E-state index contributed by atoms with van der Waals surface area (Å²) in [7, 11) is 1.38. The average Bonchev–Trinajstić information content (AvgIpc) is 2.29. The Bertz CT molecular complexity index is 421. The molecule has 1 aromatic carbocycles. The van der Waals surface area contributed by atoms with Crippen molar-refractivity contribution in [3.63, 3.8) is 0 Å². The van der Waals surface area contributed by atoms with E-state index >= 15 is 0 Å². The number of esters is 1. The van der Waals surface area contributed by atoms with Crippen molar-refractivity contribution in [1.82, 2.24) is 5.32 Å². The second kappa shape index (κ2) is 5.85. The van der Waals surface area contributed by atoms with Gasteiger partial charge in [0, 0.05) is 11.0 Å². The number of benzene rings is 1. The van der Waals surface area contributed by atoms with Crippen LogP contribution < -0.4 is 5.32 Å². The number of hydrogen-bond acceptors (Lipinski definition) is 3. The molecule has 1 aromatic rings. The minimum atomic E-state index is -0.714. The quantitative estimate of drug-likeness (QED) is 0.866. The lowest BCUT2D eigenvalue weighted by molar-refractivity contribution is -0.147.